The molecule has 1 fully saturated rings. The Hall–Kier alpha value is -3.80. The molecule has 1 aromatic carbocycles. The quantitative estimate of drug-likeness (QED) is 0.442. The minimum absolute atomic E-state index is 0.137. The van der Waals surface area contributed by atoms with Gasteiger partial charge in [-0.05, 0) is 30.2 Å². The first kappa shape index (κ1) is 22.0. The highest BCUT2D eigenvalue weighted by atomic mass is 19.4. The Kier molecular flexibility index (Phi) is 5.97. The fourth-order valence-electron chi connectivity index (χ4n) is 3.73. The number of rotatable bonds is 6. The van der Waals surface area contributed by atoms with Crippen LogP contribution in [0.5, 0.6) is 0 Å². The summed E-state index contributed by atoms with van der Waals surface area (Å²) < 4.78 is 46.1. The second kappa shape index (κ2) is 9.21. The fraction of sp³-hybridized carbons (Fsp3) is 0.318. The summed E-state index contributed by atoms with van der Waals surface area (Å²) >= 11 is 0. The number of hydrogen-bond donors (Lipinski definition) is 2. The Morgan fingerprint density at radius 1 is 1.09 bits per heavy atom. The third-order valence-electron chi connectivity index (χ3n) is 5.46. The molecule has 34 heavy (non-hydrogen) atoms. The summed E-state index contributed by atoms with van der Waals surface area (Å²) in [5, 5.41) is 10.2. The van der Waals surface area contributed by atoms with E-state index in [1.54, 1.807) is 12.4 Å². The van der Waals surface area contributed by atoms with E-state index in [0.717, 1.165) is 17.7 Å². The van der Waals surface area contributed by atoms with Gasteiger partial charge in [0, 0.05) is 43.0 Å². The number of hydrogen-bond acceptors (Lipinski definition) is 8. The number of H-pyrrole nitrogens is 1. The SMILES string of the molecule is FC(F)(F)c1cc(-c2nc(NCCc3cccnc3)nc(N3CCOCC3)n2)c2cn[nH]c2c1. The van der Waals surface area contributed by atoms with Crippen molar-refractivity contribution >= 4 is 22.8 Å². The average Bonchev–Trinajstić information content (AvgIpc) is 3.33. The van der Waals surface area contributed by atoms with Gasteiger partial charge in [-0.25, -0.2) is 0 Å². The summed E-state index contributed by atoms with van der Waals surface area (Å²) in [4.78, 5) is 19.6. The van der Waals surface area contributed by atoms with Crippen LogP contribution in [-0.2, 0) is 17.3 Å². The molecule has 1 aliphatic heterocycles. The van der Waals surface area contributed by atoms with Gasteiger partial charge in [-0.3, -0.25) is 10.1 Å². The van der Waals surface area contributed by atoms with E-state index in [9.17, 15) is 13.2 Å². The van der Waals surface area contributed by atoms with Crippen LogP contribution in [0.25, 0.3) is 22.3 Å². The molecular weight excluding hydrogens is 449 g/mol. The zero-order valence-corrected chi connectivity index (χ0v) is 18.0. The number of halogens is 3. The van der Waals surface area contributed by atoms with Crippen molar-refractivity contribution in [2.45, 2.75) is 12.6 Å². The molecule has 0 radical (unpaired) electrons. The van der Waals surface area contributed by atoms with E-state index in [4.69, 9.17) is 4.74 Å². The predicted octanol–water partition coefficient (Wildman–Crippen LogP) is 3.32. The first-order valence-corrected chi connectivity index (χ1v) is 10.7. The van der Waals surface area contributed by atoms with Gasteiger partial charge in [-0.15, -0.1) is 0 Å². The van der Waals surface area contributed by atoms with Gasteiger partial charge in [0.25, 0.3) is 0 Å². The Morgan fingerprint density at radius 2 is 1.94 bits per heavy atom. The maximum atomic E-state index is 13.6. The van der Waals surface area contributed by atoms with Gasteiger partial charge in [0.05, 0.1) is 30.5 Å². The van der Waals surface area contributed by atoms with Gasteiger partial charge in [0.2, 0.25) is 11.9 Å². The maximum absolute atomic E-state index is 13.6. The molecule has 3 aromatic heterocycles. The minimum Gasteiger partial charge on any atom is -0.378 e. The molecule has 0 spiro atoms. The van der Waals surface area contributed by atoms with Gasteiger partial charge in [0.1, 0.15) is 0 Å². The van der Waals surface area contributed by atoms with Crippen molar-refractivity contribution in [2.24, 2.45) is 0 Å². The number of nitrogens with one attached hydrogen (secondary N) is 2. The Labute approximate surface area is 192 Å². The molecule has 0 saturated carbocycles. The van der Waals surface area contributed by atoms with Gasteiger partial charge in [0.15, 0.2) is 5.82 Å². The molecule has 176 valence electrons. The van der Waals surface area contributed by atoms with Crippen LogP contribution >= 0.6 is 0 Å². The maximum Gasteiger partial charge on any atom is 0.416 e. The smallest absolute Gasteiger partial charge is 0.378 e. The molecule has 5 rings (SSSR count). The first-order chi connectivity index (χ1) is 16.5. The number of ether oxygens (including phenoxy) is 1. The number of aromatic nitrogens is 6. The third-order valence-corrected chi connectivity index (χ3v) is 5.46. The minimum atomic E-state index is -4.53. The molecular formula is C22H21F3N8O. The Morgan fingerprint density at radius 3 is 2.71 bits per heavy atom. The van der Waals surface area contributed by atoms with Crippen molar-refractivity contribution in [3.8, 4) is 11.4 Å². The molecule has 9 nitrogen and oxygen atoms in total. The summed E-state index contributed by atoms with van der Waals surface area (Å²) in [6, 6.07) is 5.90. The molecule has 1 saturated heterocycles. The molecule has 4 heterocycles. The zero-order valence-electron chi connectivity index (χ0n) is 18.0. The highest BCUT2D eigenvalue weighted by Crippen LogP contribution is 2.36. The van der Waals surface area contributed by atoms with Gasteiger partial charge in [-0.1, -0.05) is 6.07 Å². The largest absolute Gasteiger partial charge is 0.416 e. The molecule has 0 unspecified atom stereocenters. The van der Waals surface area contributed by atoms with Gasteiger partial charge < -0.3 is 15.0 Å². The van der Waals surface area contributed by atoms with Crippen molar-refractivity contribution in [1.29, 1.82) is 0 Å². The molecule has 1 aliphatic rings. The second-order valence-corrected chi connectivity index (χ2v) is 7.77. The standard InChI is InChI=1S/C22H21F3N8O/c23-22(24,25)15-10-16(17-13-28-32-18(17)11-15)19-29-20(27-5-3-14-2-1-4-26-12-14)31-21(30-19)33-6-8-34-9-7-33/h1-2,4,10-13H,3,5-9H2,(H,28,32)(H,27,29,30,31). The van der Waals surface area contributed by atoms with E-state index in [1.165, 1.54) is 6.20 Å². The Bertz CT molecular complexity index is 1270. The van der Waals surface area contributed by atoms with Crippen molar-refractivity contribution < 1.29 is 17.9 Å². The number of fused-ring (bicyclic) bond motifs is 1. The van der Waals surface area contributed by atoms with E-state index in [1.807, 2.05) is 17.0 Å². The van der Waals surface area contributed by atoms with E-state index in [0.29, 0.717) is 50.6 Å². The van der Waals surface area contributed by atoms with Crippen molar-refractivity contribution in [2.75, 3.05) is 43.1 Å². The molecule has 0 bridgehead atoms. The van der Waals surface area contributed by atoms with E-state index < -0.39 is 11.7 Å². The van der Waals surface area contributed by atoms with Crippen LogP contribution in [0, 0.1) is 0 Å². The number of alkyl halides is 3. The summed E-state index contributed by atoms with van der Waals surface area (Å²) in [5.74, 6) is 0.800. The molecule has 0 amide bonds. The average molecular weight is 470 g/mol. The van der Waals surface area contributed by atoms with Crippen molar-refractivity contribution in [1.82, 2.24) is 30.1 Å². The van der Waals surface area contributed by atoms with Crippen LogP contribution in [-0.4, -0.2) is 63.0 Å². The summed E-state index contributed by atoms with van der Waals surface area (Å²) in [5.41, 5.74) is 0.712. The van der Waals surface area contributed by atoms with Crippen LogP contribution in [0.1, 0.15) is 11.1 Å². The second-order valence-electron chi connectivity index (χ2n) is 7.77. The van der Waals surface area contributed by atoms with E-state index in [2.05, 4.69) is 35.5 Å². The summed E-state index contributed by atoms with van der Waals surface area (Å²) in [6.45, 7) is 2.69. The summed E-state index contributed by atoms with van der Waals surface area (Å²) in [7, 11) is 0. The van der Waals surface area contributed by atoms with Crippen LogP contribution in [0.2, 0.25) is 0 Å². The lowest BCUT2D eigenvalue weighted by atomic mass is 10.1. The fourth-order valence-corrected chi connectivity index (χ4v) is 3.73. The Balaban J connectivity index is 1.53. The highest BCUT2D eigenvalue weighted by molar-refractivity contribution is 5.93. The van der Waals surface area contributed by atoms with Crippen molar-refractivity contribution in [3.05, 3.63) is 54.0 Å². The lowest BCUT2D eigenvalue weighted by molar-refractivity contribution is -0.137. The topological polar surface area (TPSA) is 105 Å². The number of anilines is 2. The molecule has 2 N–H and O–H groups in total. The van der Waals surface area contributed by atoms with E-state index >= 15 is 0 Å². The van der Waals surface area contributed by atoms with Gasteiger partial charge >= 0.3 is 6.18 Å². The van der Waals surface area contributed by atoms with Crippen LogP contribution in [0.15, 0.2) is 42.9 Å². The number of benzene rings is 1. The zero-order chi connectivity index (χ0) is 23.5. The van der Waals surface area contributed by atoms with Crippen LogP contribution in [0.4, 0.5) is 25.1 Å². The van der Waals surface area contributed by atoms with Crippen LogP contribution < -0.4 is 10.2 Å². The van der Waals surface area contributed by atoms with Gasteiger partial charge in [-0.2, -0.15) is 33.2 Å². The van der Waals surface area contributed by atoms with E-state index in [-0.39, 0.29) is 22.9 Å². The molecule has 4 aromatic rings. The number of pyridine rings is 1. The van der Waals surface area contributed by atoms with Crippen molar-refractivity contribution in [3.63, 3.8) is 0 Å². The molecule has 12 heteroatoms. The summed E-state index contributed by atoms with van der Waals surface area (Å²) in [6.07, 6.45) is 1.10. The molecule has 0 atom stereocenters. The first-order valence-electron chi connectivity index (χ1n) is 10.7. The number of nitrogens with zero attached hydrogens (tertiary/aromatic N) is 6. The normalized spacial score (nSPS) is 14.5. The number of morpholine rings is 1. The lowest BCUT2D eigenvalue weighted by Crippen LogP contribution is -2.37. The predicted molar refractivity (Wildman–Crippen MR) is 119 cm³/mol. The lowest BCUT2D eigenvalue weighted by Gasteiger charge is -2.27. The number of aromatic amines is 1. The van der Waals surface area contributed by atoms with Crippen LogP contribution in [0.3, 0.4) is 0 Å². The monoisotopic (exact) mass is 470 g/mol. The highest BCUT2D eigenvalue weighted by Gasteiger charge is 2.32. The third kappa shape index (κ3) is 4.76. The molecule has 0 aliphatic carbocycles.